The number of hydrogen-bond acceptors (Lipinski definition) is 6. The van der Waals surface area contributed by atoms with Gasteiger partial charge in [0.1, 0.15) is 0 Å². The van der Waals surface area contributed by atoms with E-state index in [1.165, 1.54) is 0 Å². The highest BCUT2D eigenvalue weighted by atomic mass is 14.8. The maximum atomic E-state index is 4.90. The minimum absolute atomic E-state index is 0.809. The smallest absolute Gasteiger partial charge is 0.0900 e. The van der Waals surface area contributed by atoms with Gasteiger partial charge in [-0.3, -0.25) is 19.9 Å². The van der Waals surface area contributed by atoms with Gasteiger partial charge in [0.2, 0.25) is 0 Å². The lowest BCUT2D eigenvalue weighted by atomic mass is 10.00. The topological polar surface area (TPSA) is 77.3 Å². The summed E-state index contributed by atoms with van der Waals surface area (Å²) in [5.74, 6) is 0. The van der Waals surface area contributed by atoms with Crippen molar-refractivity contribution >= 4 is 12.2 Å². The summed E-state index contributed by atoms with van der Waals surface area (Å²) in [5.41, 5.74) is 13.0. The maximum Gasteiger partial charge on any atom is 0.0900 e. The molecule has 6 aromatic heterocycles. The molecule has 0 saturated heterocycles. The van der Waals surface area contributed by atoms with Crippen molar-refractivity contribution in [1.82, 2.24) is 29.9 Å². The lowest BCUT2D eigenvalue weighted by Crippen LogP contribution is -1.94. The predicted octanol–water partition coefficient (Wildman–Crippen LogP) is 10.2. The van der Waals surface area contributed by atoms with Gasteiger partial charge in [0.15, 0.2) is 0 Å². The Morgan fingerprint density at radius 1 is 0.280 bits per heavy atom. The van der Waals surface area contributed by atoms with Crippen LogP contribution in [0.25, 0.3) is 80.0 Å². The molecule has 0 fully saturated rings. The quantitative estimate of drug-likeness (QED) is 0.154. The summed E-state index contributed by atoms with van der Waals surface area (Å²) in [6.45, 7) is 0. The molecule has 6 heteroatoms. The molecule has 6 nitrogen and oxygen atoms in total. The zero-order valence-electron chi connectivity index (χ0n) is 27.0. The predicted molar refractivity (Wildman–Crippen MR) is 201 cm³/mol. The molecule has 0 spiro atoms. The molecule has 0 atom stereocenters. The van der Waals surface area contributed by atoms with Crippen molar-refractivity contribution in [2.45, 2.75) is 0 Å². The van der Waals surface area contributed by atoms with Crippen molar-refractivity contribution in [3.8, 4) is 67.8 Å². The lowest BCUT2D eigenvalue weighted by molar-refractivity contribution is 1.22. The average Bonchev–Trinajstić information content (AvgIpc) is 3.21. The molecule has 6 heterocycles. The van der Waals surface area contributed by atoms with Crippen LogP contribution in [0.4, 0.5) is 0 Å². The molecule has 236 valence electrons. The molecule has 0 aliphatic carbocycles. The van der Waals surface area contributed by atoms with Gasteiger partial charge in [-0.1, -0.05) is 84.9 Å². The number of rotatable bonds is 8. The second-order valence-corrected chi connectivity index (χ2v) is 11.7. The fourth-order valence-electron chi connectivity index (χ4n) is 5.74. The summed E-state index contributed by atoms with van der Waals surface area (Å²) in [6, 6.07) is 48.9. The minimum Gasteiger partial charge on any atom is -0.255 e. The van der Waals surface area contributed by atoms with Crippen molar-refractivity contribution in [2.75, 3.05) is 0 Å². The van der Waals surface area contributed by atoms with Crippen molar-refractivity contribution in [2.24, 2.45) is 0 Å². The van der Waals surface area contributed by atoms with E-state index in [1.54, 1.807) is 24.8 Å². The van der Waals surface area contributed by atoms with E-state index in [1.807, 2.05) is 72.8 Å². The van der Waals surface area contributed by atoms with E-state index in [2.05, 4.69) is 105 Å². The van der Waals surface area contributed by atoms with Gasteiger partial charge in [-0.25, -0.2) is 9.97 Å². The van der Waals surface area contributed by atoms with E-state index in [-0.39, 0.29) is 0 Å². The molecule has 2 aromatic carbocycles. The molecular formula is C44H30N6. The molecule has 0 bridgehead atoms. The van der Waals surface area contributed by atoms with Gasteiger partial charge in [0.05, 0.1) is 45.6 Å². The number of hydrogen-bond donors (Lipinski definition) is 0. The van der Waals surface area contributed by atoms with Crippen molar-refractivity contribution in [1.29, 1.82) is 0 Å². The number of pyridine rings is 6. The van der Waals surface area contributed by atoms with Gasteiger partial charge in [-0.05, 0) is 106 Å². The molecule has 0 amide bonds. The van der Waals surface area contributed by atoms with Gasteiger partial charge in [0, 0.05) is 24.8 Å². The second kappa shape index (κ2) is 14.1. The highest BCUT2D eigenvalue weighted by molar-refractivity contribution is 5.78. The zero-order valence-corrected chi connectivity index (χ0v) is 27.0. The largest absolute Gasteiger partial charge is 0.255 e. The number of aromatic nitrogens is 6. The normalized spacial score (nSPS) is 11.1. The van der Waals surface area contributed by atoms with E-state index in [0.29, 0.717) is 0 Å². The Morgan fingerprint density at radius 2 is 0.580 bits per heavy atom. The molecule has 0 radical (unpaired) electrons. The maximum absolute atomic E-state index is 4.90. The summed E-state index contributed by atoms with van der Waals surface area (Å²) in [5, 5.41) is 0. The van der Waals surface area contributed by atoms with Crippen molar-refractivity contribution in [3.63, 3.8) is 0 Å². The molecule has 0 unspecified atom stereocenters. The lowest BCUT2D eigenvalue weighted by Gasteiger charge is -2.10. The molecule has 8 rings (SSSR count). The summed E-state index contributed by atoms with van der Waals surface area (Å²) in [6.07, 6.45) is 11.4. The van der Waals surface area contributed by atoms with Crippen LogP contribution in [-0.4, -0.2) is 29.9 Å². The van der Waals surface area contributed by atoms with Gasteiger partial charge in [-0.15, -0.1) is 0 Å². The Balaban J connectivity index is 1.04. The molecule has 50 heavy (non-hydrogen) atoms. The molecule has 0 saturated carbocycles. The highest BCUT2D eigenvalue weighted by Crippen LogP contribution is 2.31. The second-order valence-electron chi connectivity index (χ2n) is 11.7. The van der Waals surface area contributed by atoms with Crippen LogP contribution in [0.5, 0.6) is 0 Å². The third-order valence-electron chi connectivity index (χ3n) is 8.32. The summed E-state index contributed by atoms with van der Waals surface area (Å²) in [4.78, 5) is 28.0. The van der Waals surface area contributed by atoms with Crippen LogP contribution in [-0.2, 0) is 0 Å². The first-order valence-corrected chi connectivity index (χ1v) is 16.3. The summed E-state index contributed by atoms with van der Waals surface area (Å²) < 4.78 is 0. The SMILES string of the molecule is C(=C\c1ccc(-c2cc(-c3ccccn3)nc(-c3ccccn3)c2)cc1)/c1ccc(-c2cc(-c3ccccn3)nc(-c3ccccn3)c2)cc1. The van der Waals surface area contributed by atoms with Crippen LogP contribution in [0.1, 0.15) is 11.1 Å². The Morgan fingerprint density at radius 3 is 0.840 bits per heavy atom. The first-order valence-electron chi connectivity index (χ1n) is 16.3. The third-order valence-corrected chi connectivity index (χ3v) is 8.32. The van der Waals surface area contributed by atoms with Crippen molar-refractivity contribution in [3.05, 3.63) is 182 Å². The van der Waals surface area contributed by atoms with Gasteiger partial charge in [0.25, 0.3) is 0 Å². The van der Waals surface area contributed by atoms with E-state index < -0.39 is 0 Å². The molecule has 0 aliphatic rings. The van der Waals surface area contributed by atoms with E-state index in [0.717, 1.165) is 78.9 Å². The van der Waals surface area contributed by atoms with Crippen LogP contribution in [0, 0.1) is 0 Å². The Labute approximate surface area is 290 Å². The summed E-state index contributed by atoms with van der Waals surface area (Å²) in [7, 11) is 0. The van der Waals surface area contributed by atoms with Crippen LogP contribution < -0.4 is 0 Å². The first kappa shape index (κ1) is 30.4. The van der Waals surface area contributed by atoms with Gasteiger partial charge in [-0.2, -0.15) is 0 Å². The monoisotopic (exact) mass is 642 g/mol. The summed E-state index contributed by atoms with van der Waals surface area (Å²) >= 11 is 0. The standard InChI is InChI=1S/C44H30N6/c1-5-23-45-37(9-1)41-27-35(28-42(49-41)38-10-2-6-24-46-38)33-19-15-31(16-20-33)13-14-32-17-21-34(22-18-32)36-29-43(39-11-3-7-25-47-39)50-44(30-36)40-12-4-8-26-48-40/h1-30H/b14-13+. The van der Waals surface area contributed by atoms with E-state index >= 15 is 0 Å². The molecular weight excluding hydrogens is 613 g/mol. The molecule has 0 N–H and O–H groups in total. The van der Waals surface area contributed by atoms with Gasteiger partial charge >= 0.3 is 0 Å². The Bertz CT molecular complexity index is 2090. The van der Waals surface area contributed by atoms with Crippen LogP contribution in [0.2, 0.25) is 0 Å². The molecule has 8 aromatic rings. The molecule has 0 aliphatic heterocycles. The fourth-order valence-corrected chi connectivity index (χ4v) is 5.74. The first-order chi connectivity index (χ1) is 24.7. The van der Waals surface area contributed by atoms with Gasteiger partial charge < -0.3 is 0 Å². The average molecular weight is 643 g/mol. The Hall–Kier alpha value is -6.92. The fraction of sp³-hybridized carbons (Fsp3) is 0. The Kier molecular flexibility index (Phi) is 8.55. The van der Waals surface area contributed by atoms with Crippen LogP contribution in [0.15, 0.2) is 170 Å². The van der Waals surface area contributed by atoms with Crippen molar-refractivity contribution < 1.29 is 0 Å². The number of benzene rings is 2. The van der Waals surface area contributed by atoms with E-state index in [4.69, 9.17) is 9.97 Å². The highest BCUT2D eigenvalue weighted by Gasteiger charge is 2.12. The van der Waals surface area contributed by atoms with Crippen LogP contribution >= 0.6 is 0 Å². The minimum atomic E-state index is 0.809. The van der Waals surface area contributed by atoms with E-state index in [9.17, 15) is 0 Å². The number of nitrogens with zero attached hydrogens (tertiary/aromatic N) is 6. The zero-order chi connectivity index (χ0) is 33.5. The van der Waals surface area contributed by atoms with Crippen LogP contribution in [0.3, 0.4) is 0 Å². The third kappa shape index (κ3) is 6.86.